The van der Waals surface area contributed by atoms with Crippen LogP contribution in [0.15, 0.2) is 18.2 Å². The van der Waals surface area contributed by atoms with Crippen molar-refractivity contribution in [2.45, 2.75) is 11.2 Å². The van der Waals surface area contributed by atoms with Gasteiger partial charge in [-0.2, -0.15) is 0 Å². The molecule has 1 unspecified atom stereocenters. The first-order valence-corrected chi connectivity index (χ1v) is 6.84. The Hall–Kier alpha value is 0.190. The highest BCUT2D eigenvalue weighted by Gasteiger charge is 2.29. The first kappa shape index (κ1) is 11.7. The number of carbonyl (C=O) groups is 1. The van der Waals surface area contributed by atoms with Crippen LogP contribution in [-0.2, 0) is 4.79 Å². The maximum Gasteiger partial charge on any atom is 0.228 e. The Morgan fingerprint density at radius 3 is 2.80 bits per heavy atom. The third-order valence-electron chi connectivity index (χ3n) is 2.28. The maximum absolute atomic E-state index is 11.7. The molecule has 0 spiro atoms. The molecule has 1 heterocycles. The molecule has 5 heteroatoms. The number of halogens is 3. The molecule has 1 aromatic rings. The van der Waals surface area contributed by atoms with Gasteiger partial charge in [-0.25, -0.2) is 0 Å². The van der Waals surface area contributed by atoms with Gasteiger partial charge in [-0.15, -0.1) is 0 Å². The summed E-state index contributed by atoms with van der Waals surface area (Å²) in [5.74, 6) is 0.125. The fraction of sp³-hybridized carbons (Fsp3) is 0.300. The van der Waals surface area contributed by atoms with E-state index in [2.05, 4.69) is 38.5 Å². The van der Waals surface area contributed by atoms with E-state index in [9.17, 15) is 4.79 Å². The van der Waals surface area contributed by atoms with Gasteiger partial charge in [0.1, 0.15) is 0 Å². The summed E-state index contributed by atoms with van der Waals surface area (Å²) in [6.45, 7) is 0.694. The second-order valence-electron chi connectivity index (χ2n) is 3.40. The average molecular weight is 400 g/mol. The third kappa shape index (κ3) is 2.47. The van der Waals surface area contributed by atoms with Gasteiger partial charge < -0.3 is 4.90 Å². The minimum absolute atomic E-state index is 0.125. The van der Waals surface area contributed by atoms with E-state index in [1.807, 2.05) is 18.2 Å². The summed E-state index contributed by atoms with van der Waals surface area (Å²) in [7, 11) is 0. The normalized spacial score (nSPS) is 21.1. The number of amides is 1. The second-order valence-corrected chi connectivity index (χ2v) is 6.35. The number of carbonyl (C=O) groups excluding carboxylic acids is 1. The van der Waals surface area contributed by atoms with E-state index in [1.54, 1.807) is 4.90 Å². The van der Waals surface area contributed by atoms with E-state index in [0.29, 0.717) is 18.0 Å². The Labute approximate surface area is 115 Å². The Bertz CT molecular complexity index is 412. The van der Waals surface area contributed by atoms with Gasteiger partial charge in [0, 0.05) is 21.4 Å². The van der Waals surface area contributed by atoms with Crippen LogP contribution in [-0.4, -0.2) is 17.3 Å². The van der Waals surface area contributed by atoms with Crippen molar-refractivity contribution >= 4 is 61.7 Å². The van der Waals surface area contributed by atoms with Gasteiger partial charge in [-0.05, 0) is 40.8 Å². The summed E-state index contributed by atoms with van der Waals surface area (Å²) < 4.78 is 1.07. The maximum atomic E-state index is 11.7. The molecule has 1 amide bonds. The van der Waals surface area contributed by atoms with Gasteiger partial charge in [0.2, 0.25) is 5.91 Å². The lowest BCUT2D eigenvalue weighted by molar-refractivity contribution is -0.117. The lowest BCUT2D eigenvalue weighted by Gasteiger charge is -2.17. The van der Waals surface area contributed by atoms with Crippen molar-refractivity contribution in [2.75, 3.05) is 11.4 Å². The number of rotatable bonds is 1. The molecule has 1 saturated heterocycles. The molecule has 0 saturated carbocycles. The van der Waals surface area contributed by atoms with Gasteiger partial charge in [-0.1, -0.05) is 27.5 Å². The van der Waals surface area contributed by atoms with Crippen LogP contribution in [0.2, 0.25) is 5.02 Å². The molecule has 0 aromatic heterocycles. The van der Waals surface area contributed by atoms with Crippen molar-refractivity contribution in [1.29, 1.82) is 0 Å². The van der Waals surface area contributed by atoms with Gasteiger partial charge in [0.05, 0.1) is 10.7 Å². The number of hydrogen-bond donors (Lipinski definition) is 0. The summed E-state index contributed by atoms with van der Waals surface area (Å²) in [5.41, 5.74) is 0.809. The van der Waals surface area contributed by atoms with Crippen LogP contribution in [0.1, 0.15) is 6.42 Å². The van der Waals surface area contributed by atoms with Crippen molar-refractivity contribution in [3.05, 3.63) is 26.8 Å². The number of hydrogen-bond acceptors (Lipinski definition) is 1. The Morgan fingerprint density at radius 1 is 1.53 bits per heavy atom. The zero-order chi connectivity index (χ0) is 11.0. The van der Waals surface area contributed by atoms with Crippen molar-refractivity contribution in [1.82, 2.24) is 0 Å². The largest absolute Gasteiger partial charge is 0.310 e. The molecule has 0 bridgehead atoms. The number of anilines is 1. The van der Waals surface area contributed by atoms with E-state index in [0.717, 1.165) is 9.26 Å². The van der Waals surface area contributed by atoms with Gasteiger partial charge in [0.15, 0.2) is 0 Å². The molecule has 1 aliphatic heterocycles. The highest BCUT2D eigenvalue weighted by atomic mass is 127. The quantitative estimate of drug-likeness (QED) is 0.522. The molecular weight excluding hydrogens is 392 g/mol. The zero-order valence-corrected chi connectivity index (χ0v) is 12.2. The molecule has 1 aliphatic rings. The monoisotopic (exact) mass is 399 g/mol. The van der Waals surface area contributed by atoms with Crippen LogP contribution in [0.4, 0.5) is 5.69 Å². The zero-order valence-electron chi connectivity index (χ0n) is 7.71. The van der Waals surface area contributed by atoms with Crippen molar-refractivity contribution in [3.63, 3.8) is 0 Å². The Kier molecular flexibility index (Phi) is 3.57. The molecule has 0 aliphatic carbocycles. The topological polar surface area (TPSA) is 20.3 Å². The summed E-state index contributed by atoms with van der Waals surface area (Å²) in [4.78, 5) is 13.6. The van der Waals surface area contributed by atoms with Gasteiger partial charge in [0.25, 0.3) is 0 Å². The highest BCUT2D eigenvalue weighted by Crippen LogP contribution is 2.32. The lowest BCUT2D eigenvalue weighted by atomic mass is 10.3. The van der Waals surface area contributed by atoms with Crippen LogP contribution < -0.4 is 4.90 Å². The summed E-state index contributed by atoms with van der Waals surface area (Å²) in [6.07, 6.45) is 0.544. The van der Waals surface area contributed by atoms with Crippen LogP contribution >= 0.6 is 50.1 Å². The second kappa shape index (κ2) is 4.59. The predicted molar refractivity (Wildman–Crippen MR) is 73.9 cm³/mol. The first-order valence-electron chi connectivity index (χ1n) is 4.47. The molecule has 1 atom stereocenters. The van der Waals surface area contributed by atoms with E-state index < -0.39 is 0 Å². The minimum Gasteiger partial charge on any atom is -0.310 e. The molecular formula is C10H8BrClINO. The lowest BCUT2D eigenvalue weighted by Crippen LogP contribution is -2.24. The van der Waals surface area contributed by atoms with Crippen molar-refractivity contribution in [3.8, 4) is 0 Å². The van der Waals surface area contributed by atoms with E-state index in [-0.39, 0.29) is 10.7 Å². The first-order chi connectivity index (χ1) is 7.08. The number of alkyl halides is 1. The average Bonchev–Trinajstić information content (AvgIpc) is 2.45. The van der Waals surface area contributed by atoms with Gasteiger partial charge >= 0.3 is 0 Å². The standard InChI is InChI=1S/C10H8BrClINO/c11-6-3-10(15)14(5-6)9-2-1-7(13)4-8(9)12/h1-2,4,6H,3,5H2. The molecule has 0 radical (unpaired) electrons. The van der Waals surface area contributed by atoms with Crippen LogP contribution in [0.5, 0.6) is 0 Å². The third-order valence-corrected chi connectivity index (χ3v) is 3.87. The Morgan fingerprint density at radius 2 is 2.27 bits per heavy atom. The van der Waals surface area contributed by atoms with E-state index >= 15 is 0 Å². The Balaban J connectivity index is 2.34. The predicted octanol–water partition coefficient (Wildman–Crippen LogP) is 3.44. The molecule has 1 fully saturated rings. The molecule has 80 valence electrons. The van der Waals surface area contributed by atoms with E-state index in [4.69, 9.17) is 11.6 Å². The van der Waals surface area contributed by atoms with E-state index in [1.165, 1.54) is 0 Å². The van der Waals surface area contributed by atoms with Crippen LogP contribution in [0, 0.1) is 3.57 Å². The molecule has 15 heavy (non-hydrogen) atoms. The van der Waals surface area contributed by atoms with Crippen molar-refractivity contribution in [2.24, 2.45) is 0 Å². The molecule has 2 rings (SSSR count). The molecule has 0 N–H and O–H groups in total. The minimum atomic E-state index is 0.125. The fourth-order valence-corrected chi connectivity index (χ4v) is 3.12. The number of benzene rings is 1. The van der Waals surface area contributed by atoms with Crippen molar-refractivity contribution < 1.29 is 4.79 Å². The number of nitrogens with zero attached hydrogens (tertiary/aromatic N) is 1. The van der Waals surface area contributed by atoms with Crippen LogP contribution in [0.3, 0.4) is 0 Å². The van der Waals surface area contributed by atoms with Crippen LogP contribution in [0.25, 0.3) is 0 Å². The SMILES string of the molecule is O=C1CC(Br)CN1c1ccc(I)cc1Cl. The molecule has 1 aromatic carbocycles. The highest BCUT2D eigenvalue weighted by molar-refractivity contribution is 14.1. The van der Waals surface area contributed by atoms with Gasteiger partial charge in [-0.3, -0.25) is 4.79 Å². The summed E-state index contributed by atoms with van der Waals surface area (Å²) in [6, 6.07) is 5.72. The summed E-state index contributed by atoms with van der Waals surface area (Å²) in [5, 5.41) is 0.636. The molecule has 2 nitrogen and oxygen atoms in total. The smallest absolute Gasteiger partial charge is 0.228 e. The summed E-state index contributed by atoms with van der Waals surface area (Å²) >= 11 is 11.8. The fourth-order valence-electron chi connectivity index (χ4n) is 1.60.